The molecular weight excluding hydrogens is 362 g/mol. The van der Waals surface area contributed by atoms with Crippen LogP contribution in [0.25, 0.3) is 0 Å². The molecule has 3 rings (SSSR count). The normalized spacial score (nSPS) is 13.9. The minimum absolute atomic E-state index is 0.0471. The summed E-state index contributed by atoms with van der Waals surface area (Å²) in [6, 6.07) is 7.87. The van der Waals surface area contributed by atoms with Gasteiger partial charge < -0.3 is 20.1 Å². The molecule has 1 aromatic heterocycles. The zero-order valence-electron chi connectivity index (χ0n) is 15.7. The number of anilines is 1. The van der Waals surface area contributed by atoms with Crippen molar-refractivity contribution in [3.63, 3.8) is 0 Å². The number of carboxylic acid groups (broad SMARTS) is 1. The van der Waals surface area contributed by atoms with Crippen LogP contribution >= 0.6 is 0 Å². The SMILES string of the molecule is Cc1nc(C(=O)Nc2cccc(C(=O)N3CCOCC3)c2C)ccc1C(=O)O. The van der Waals surface area contributed by atoms with Crippen LogP contribution in [0.2, 0.25) is 0 Å². The Balaban J connectivity index is 1.81. The predicted molar refractivity (Wildman–Crippen MR) is 102 cm³/mol. The van der Waals surface area contributed by atoms with Gasteiger partial charge >= 0.3 is 5.97 Å². The lowest BCUT2D eigenvalue weighted by molar-refractivity contribution is 0.0302. The maximum atomic E-state index is 12.8. The fourth-order valence-electron chi connectivity index (χ4n) is 3.04. The van der Waals surface area contributed by atoms with Crippen LogP contribution in [0.15, 0.2) is 30.3 Å². The Morgan fingerprint density at radius 3 is 2.43 bits per heavy atom. The largest absolute Gasteiger partial charge is 0.478 e. The lowest BCUT2D eigenvalue weighted by Gasteiger charge is -2.27. The smallest absolute Gasteiger partial charge is 0.337 e. The van der Waals surface area contributed by atoms with Gasteiger partial charge in [-0.3, -0.25) is 9.59 Å². The maximum absolute atomic E-state index is 12.8. The number of ether oxygens (including phenoxy) is 1. The molecule has 2 heterocycles. The van der Waals surface area contributed by atoms with Crippen LogP contribution in [-0.4, -0.2) is 59.1 Å². The van der Waals surface area contributed by atoms with Crippen molar-refractivity contribution in [1.29, 1.82) is 0 Å². The number of aromatic nitrogens is 1. The van der Waals surface area contributed by atoms with Gasteiger partial charge in [0.25, 0.3) is 11.8 Å². The van der Waals surface area contributed by atoms with Gasteiger partial charge in [0, 0.05) is 24.3 Å². The first-order valence-corrected chi connectivity index (χ1v) is 8.87. The number of hydrogen-bond donors (Lipinski definition) is 2. The Morgan fingerprint density at radius 2 is 1.79 bits per heavy atom. The molecule has 1 aliphatic heterocycles. The van der Waals surface area contributed by atoms with Crippen LogP contribution in [0.5, 0.6) is 0 Å². The van der Waals surface area contributed by atoms with E-state index in [2.05, 4.69) is 10.3 Å². The van der Waals surface area contributed by atoms with Crippen molar-refractivity contribution < 1.29 is 24.2 Å². The molecule has 0 aliphatic carbocycles. The van der Waals surface area contributed by atoms with E-state index in [4.69, 9.17) is 9.84 Å². The van der Waals surface area contributed by atoms with E-state index in [0.717, 1.165) is 0 Å². The Labute approximate surface area is 162 Å². The molecule has 2 amide bonds. The summed E-state index contributed by atoms with van der Waals surface area (Å²) in [4.78, 5) is 42.2. The van der Waals surface area contributed by atoms with E-state index in [1.807, 2.05) is 0 Å². The van der Waals surface area contributed by atoms with Gasteiger partial charge in [-0.05, 0) is 43.7 Å². The third kappa shape index (κ3) is 4.01. The number of aryl methyl sites for hydroxylation is 1. The Kier molecular flexibility index (Phi) is 5.70. The number of benzene rings is 1. The second-order valence-corrected chi connectivity index (χ2v) is 6.47. The zero-order chi connectivity index (χ0) is 20.3. The van der Waals surface area contributed by atoms with Crippen LogP contribution in [0.4, 0.5) is 5.69 Å². The first kappa shape index (κ1) is 19.5. The molecule has 0 saturated carbocycles. The second-order valence-electron chi connectivity index (χ2n) is 6.47. The molecule has 8 heteroatoms. The van der Waals surface area contributed by atoms with Gasteiger partial charge in [-0.1, -0.05) is 6.07 Å². The number of amides is 2. The Hall–Kier alpha value is -3.26. The molecule has 1 fully saturated rings. The number of aromatic carboxylic acids is 1. The summed E-state index contributed by atoms with van der Waals surface area (Å²) < 4.78 is 5.28. The molecule has 2 aromatic rings. The van der Waals surface area contributed by atoms with Gasteiger partial charge in [-0.2, -0.15) is 0 Å². The molecule has 1 saturated heterocycles. The highest BCUT2D eigenvalue weighted by molar-refractivity contribution is 6.05. The van der Waals surface area contributed by atoms with Crippen molar-refractivity contribution in [3.05, 3.63) is 58.4 Å². The van der Waals surface area contributed by atoms with E-state index >= 15 is 0 Å². The number of carboxylic acids is 1. The van der Waals surface area contributed by atoms with Crippen molar-refractivity contribution >= 4 is 23.5 Å². The van der Waals surface area contributed by atoms with E-state index in [1.165, 1.54) is 19.1 Å². The monoisotopic (exact) mass is 383 g/mol. The first-order valence-electron chi connectivity index (χ1n) is 8.87. The number of carbonyl (C=O) groups excluding carboxylic acids is 2. The fraction of sp³-hybridized carbons (Fsp3) is 0.300. The average Bonchev–Trinajstić information content (AvgIpc) is 2.69. The summed E-state index contributed by atoms with van der Waals surface area (Å²) in [5, 5.41) is 11.8. The molecule has 1 aromatic carbocycles. The minimum Gasteiger partial charge on any atom is -0.478 e. The molecule has 0 spiro atoms. The molecule has 1 aliphatic rings. The topological polar surface area (TPSA) is 109 Å². The van der Waals surface area contributed by atoms with Crippen molar-refractivity contribution in [3.8, 4) is 0 Å². The predicted octanol–water partition coefficient (Wildman–Crippen LogP) is 2.12. The zero-order valence-corrected chi connectivity index (χ0v) is 15.7. The average molecular weight is 383 g/mol. The van der Waals surface area contributed by atoms with Crippen molar-refractivity contribution in [2.75, 3.05) is 31.6 Å². The Bertz CT molecular complexity index is 935. The van der Waals surface area contributed by atoms with Crippen molar-refractivity contribution in [1.82, 2.24) is 9.88 Å². The van der Waals surface area contributed by atoms with Crippen LogP contribution in [0.3, 0.4) is 0 Å². The molecule has 0 radical (unpaired) electrons. The van der Waals surface area contributed by atoms with Gasteiger partial charge in [0.05, 0.1) is 24.5 Å². The summed E-state index contributed by atoms with van der Waals surface area (Å²) in [5.41, 5.74) is 2.09. The number of carbonyl (C=O) groups is 3. The van der Waals surface area contributed by atoms with Crippen LogP contribution in [0.1, 0.15) is 42.5 Å². The van der Waals surface area contributed by atoms with Gasteiger partial charge in [0.15, 0.2) is 0 Å². The lowest BCUT2D eigenvalue weighted by atomic mass is 10.0. The maximum Gasteiger partial charge on any atom is 0.337 e. The number of morpholine rings is 1. The summed E-state index contributed by atoms with van der Waals surface area (Å²) >= 11 is 0. The first-order chi connectivity index (χ1) is 13.4. The molecule has 8 nitrogen and oxygen atoms in total. The van der Waals surface area contributed by atoms with E-state index in [9.17, 15) is 14.4 Å². The number of rotatable bonds is 4. The van der Waals surface area contributed by atoms with Crippen LogP contribution in [0, 0.1) is 13.8 Å². The van der Waals surface area contributed by atoms with Gasteiger partial charge in [-0.25, -0.2) is 9.78 Å². The number of nitrogens with one attached hydrogen (secondary N) is 1. The van der Waals surface area contributed by atoms with E-state index in [-0.39, 0.29) is 22.9 Å². The molecule has 146 valence electrons. The van der Waals surface area contributed by atoms with Crippen molar-refractivity contribution in [2.24, 2.45) is 0 Å². The highest BCUT2D eigenvalue weighted by Gasteiger charge is 2.22. The summed E-state index contributed by atoms with van der Waals surface area (Å²) in [6.07, 6.45) is 0. The Morgan fingerprint density at radius 1 is 1.07 bits per heavy atom. The summed E-state index contributed by atoms with van der Waals surface area (Å²) in [5.74, 6) is -1.67. The van der Waals surface area contributed by atoms with E-state index in [1.54, 1.807) is 30.0 Å². The molecule has 2 N–H and O–H groups in total. The summed E-state index contributed by atoms with van der Waals surface area (Å²) in [7, 11) is 0. The number of nitrogens with zero attached hydrogens (tertiary/aromatic N) is 2. The molecule has 0 atom stereocenters. The van der Waals surface area contributed by atoms with Gasteiger partial charge in [0.1, 0.15) is 5.69 Å². The van der Waals surface area contributed by atoms with Crippen LogP contribution < -0.4 is 5.32 Å². The van der Waals surface area contributed by atoms with Gasteiger partial charge in [0.2, 0.25) is 0 Å². The third-order valence-electron chi connectivity index (χ3n) is 4.66. The van der Waals surface area contributed by atoms with Crippen molar-refractivity contribution in [2.45, 2.75) is 13.8 Å². The van der Waals surface area contributed by atoms with Crippen LogP contribution in [-0.2, 0) is 4.74 Å². The summed E-state index contributed by atoms with van der Waals surface area (Å²) in [6.45, 7) is 5.40. The second kappa shape index (κ2) is 8.18. The molecule has 0 bridgehead atoms. The third-order valence-corrected chi connectivity index (χ3v) is 4.66. The lowest BCUT2D eigenvalue weighted by Crippen LogP contribution is -2.41. The standard InChI is InChI=1S/C20H21N3O5/c1-12-14(19(25)23-8-10-28-11-9-23)4-3-5-16(12)22-18(24)17-7-6-15(20(26)27)13(2)21-17/h3-7H,8-11H2,1-2H3,(H,22,24)(H,26,27). The molecular formula is C20H21N3O5. The van der Waals surface area contributed by atoms with E-state index < -0.39 is 11.9 Å². The fourth-order valence-corrected chi connectivity index (χ4v) is 3.04. The number of hydrogen-bond acceptors (Lipinski definition) is 5. The van der Waals surface area contributed by atoms with Gasteiger partial charge in [-0.15, -0.1) is 0 Å². The highest BCUT2D eigenvalue weighted by Crippen LogP contribution is 2.22. The number of pyridine rings is 1. The van der Waals surface area contributed by atoms with E-state index in [0.29, 0.717) is 43.1 Å². The minimum atomic E-state index is -1.10. The quantitative estimate of drug-likeness (QED) is 0.837. The molecule has 28 heavy (non-hydrogen) atoms. The molecule has 0 unspecified atom stereocenters. The highest BCUT2D eigenvalue weighted by atomic mass is 16.5.